The van der Waals surface area contributed by atoms with Gasteiger partial charge in [-0.2, -0.15) is 13.2 Å². The van der Waals surface area contributed by atoms with Crippen LogP contribution in [0.15, 0.2) is 48.5 Å². The van der Waals surface area contributed by atoms with Crippen molar-refractivity contribution >= 4 is 16.9 Å². The molecule has 0 radical (unpaired) electrons. The molecule has 4 atom stereocenters. The molecular formula is C22H26AsF3N2. The number of benzene rings is 2. The molecule has 1 aliphatic carbocycles. The summed E-state index contributed by atoms with van der Waals surface area (Å²) < 4.78 is 39.6. The Bertz CT molecular complexity index is 806. The second-order valence-electron chi connectivity index (χ2n) is 7.95. The number of halogens is 3. The zero-order valence-electron chi connectivity index (χ0n) is 15.8. The predicted molar refractivity (Wildman–Crippen MR) is 109 cm³/mol. The van der Waals surface area contributed by atoms with Crippen LogP contribution in [-0.2, 0) is 6.18 Å². The van der Waals surface area contributed by atoms with Crippen molar-refractivity contribution in [1.29, 1.82) is 0 Å². The van der Waals surface area contributed by atoms with Crippen molar-refractivity contribution in [3.05, 3.63) is 59.7 Å². The Morgan fingerprint density at radius 2 is 1.86 bits per heavy atom. The summed E-state index contributed by atoms with van der Waals surface area (Å²) in [6.07, 6.45) is -1.83. The van der Waals surface area contributed by atoms with E-state index in [-0.39, 0.29) is 0 Å². The first-order valence-electron chi connectivity index (χ1n) is 9.89. The van der Waals surface area contributed by atoms with Crippen LogP contribution in [0.25, 0.3) is 11.1 Å². The molecule has 150 valence electrons. The molecule has 1 unspecified atom stereocenters. The van der Waals surface area contributed by atoms with Gasteiger partial charge in [-0.05, 0) is 17.7 Å². The quantitative estimate of drug-likeness (QED) is 0.671. The number of hydrogen-bond donors (Lipinski definition) is 1. The largest absolute Gasteiger partial charge is 0.0421 e. The Kier molecular flexibility index (Phi) is 5.87. The number of rotatable bonds is 6. The first-order valence-corrected chi connectivity index (χ1v) is 11.3. The molecule has 6 heteroatoms. The maximum Gasteiger partial charge on any atom is -0.0421 e. The van der Waals surface area contributed by atoms with E-state index in [1.165, 1.54) is 37.2 Å². The van der Waals surface area contributed by atoms with Crippen molar-refractivity contribution in [3.63, 3.8) is 0 Å². The van der Waals surface area contributed by atoms with Crippen LogP contribution in [0.5, 0.6) is 0 Å². The van der Waals surface area contributed by atoms with E-state index in [9.17, 15) is 13.2 Å². The van der Waals surface area contributed by atoms with Gasteiger partial charge in [-0.3, -0.25) is 0 Å². The van der Waals surface area contributed by atoms with Crippen LogP contribution in [0.2, 0.25) is 4.71 Å². The minimum absolute atomic E-state index is 0.524. The second-order valence-corrected chi connectivity index (χ2v) is 9.93. The van der Waals surface area contributed by atoms with Gasteiger partial charge in [0.1, 0.15) is 0 Å². The van der Waals surface area contributed by atoms with Crippen molar-refractivity contribution in [2.75, 3.05) is 26.2 Å². The van der Waals surface area contributed by atoms with Gasteiger partial charge in [0.2, 0.25) is 0 Å². The summed E-state index contributed by atoms with van der Waals surface area (Å²) in [5.74, 6) is 0.524. The minimum atomic E-state index is -4.31. The summed E-state index contributed by atoms with van der Waals surface area (Å²) in [5.41, 5.74) is 2.09. The van der Waals surface area contributed by atoms with Crippen LogP contribution < -0.4 is 5.32 Å². The SMILES string of the molecule is FC(F)(F)c1cccc(-c2ccc([C@@H]3C[C@H]3NCCN3CC[C@H]([AsH2])C3)cc2)c1. The van der Waals surface area contributed by atoms with Crippen LogP contribution >= 0.6 is 0 Å². The van der Waals surface area contributed by atoms with Crippen LogP contribution in [0, 0.1) is 0 Å². The van der Waals surface area contributed by atoms with Crippen molar-refractivity contribution in [3.8, 4) is 11.1 Å². The third-order valence-electron chi connectivity index (χ3n) is 5.80. The third kappa shape index (κ3) is 4.81. The normalized spacial score (nSPS) is 25.2. The molecule has 2 fully saturated rings. The van der Waals surface area contributed by atoms with Crippen LogP contribution in [0.3, 0.4) is 0 Å². The molecular weight excluding hydrogens is 424 g/mol. The Hall–Kier alpha value is -1.29. The van der Waals surface area contributed by atoms with E-state index in [2.05, 4.69) is 22.3 Å². The Labute approximate surface area is 173 Å². The zero-order valence-corrected chi connectivity index (χ0v) is 18.2. The summed E-state index contributed by atoms with van der Waals surface area (Å²) in [7, 11) is 0. The molecule has 1 aliphatic heterocycles. The first-order chi connectivity index (χ1) is 13.4. The molecule has 2 aliphatic rings. The van der Waals surface area contributed by atoms with Gasteiger partial charge in [-0.25, -0.2) is 0 Å². The van der Waals surface area contributed by atoms with E-state index < -0.39 is 11.7 Å². The maximum atomic E-state index is 12.9. The molecule has 0 spiro atoms. The van der Waals surface area contributed by atoms with Gasteiger partial charge in [0.15, 0.2) is 0 Å². The maximum absolute atomic E-state index is 12.9. The molecule has 0 bridgehead atoms. The van der Waals surface area contributed by atoms with Gasteiger partial charge >= 0.3 is 124 Å². The molecule has 0 amide bonds. The number of nitrogens with zero attached hydrogens (tertiary/aromatic N) is 1. The first kappa shape index (κ1) is 20.0. The van der Waals surface area contributed by atoms with Crippen molar-refractivity contribution < 1.29 is 13.2 Å². The van der Waals surface area contributed by atoms with E-state index in [1.54, 1.807) is 6.07 Å². The van der Waals surface area contributed by atoms with Gasteiger partial charge in [-0.15, -0.1) is 0 Å². The molecule has 1 saturated heterocycles. The molecule has 2 aromatic rings. The van der Waals surface area contributed by atoms with E-state index >= 15 is 0 Å². The molecule has 1 saturated carbocycles. The van der Waals surface area contributed by atoms with E-state index in [4.69, 9.17) is 0 Å². The third-order valence-corrected chi connectivity index (χ3v) is 6.94. The average Bonchev–Trinajstić information content (AvgIpc) is 3.33. The predicted octanol–water partition coefficient (Wildman–Crippen LogP) is 3.95. The van der Waals surface area contributed by atoms with Crippen LogP contribution in [-0.4, -0.2) is 54.0 Å². The molecule has 2 aromatic carbocycles. The van der Waals surface area contributed by atoms with Gasteiger partial charge in [0.25, 0.3) is 0 Å². The van der Waals surface area contributed by atoms with Gasteiger partial charge in [0.05, 0.1) is 5.56 Å². The average molecular weight is 450 g/mol. The standard InChI is InChI=1S/C22H26AsF3N2/c23-19-8-10-28(14-19)11-9-27-21-13-20(21)16-6-4-15(5-7-16)17-2-1-3-18(12-17)22(24,25)26/h1-7,12,19-21,27H,8-11,13-14,23H2/t19-,20-,21+/m0/s1. The second kappa shape index (κ2) is 8.22. The molecule has 2 nitrogen and oxygen atoms in total. The molecule has 0 aromatic heterocycles. The monoisotopic (exact) mass is 450 g/mol. The van der Waals surface area contributed by atoms with Crippen molar-refractivity contribution in [2.24, 2.45) is 0 Å². The number of nitrogens with one attached hydrogen (secondary N) is 1. The fraction of sp³-hybridized carbons (Fsp3) is 0.455. The van der Waals surface area contributed by atoms with E-state index in [1.807, 2.05) is 29.0 Å². The van der Waals surface area contributed by atoms with Gasteiger partial charge in [0, 0.05) is 0 Å². The van der Waals surface area contributed by atoms with Crippen LogP contribution in [0.1, 0.15) is 29.9 Å². The molecule has 1 N–H and O–H groups in total. The smallest absolute Gasteiger partial charge is 0.0421 e. The zero-order chi connectivity index (χ0) is 19.7. The van der Waals surface area contributed by atoms with Crippen molar-refractivity contribution in [2.45, 2.75) is 35.7 Å². The summed E-state index contributed by atoms with van der Waals surface area (Å²) in [6.45, 7) is 4.63. The Morgan fingerprint density at radius 3 is 2.54 bits per heavy atom. The fourth-order valence-electron chi connectivity index (χ4n) is 4.06. The number of alkyl halides is 3. The van der Waals surface area contributed by atoms with Crippen molar-refractivity contribution in [1.82, 2.24) is 10.2 Å². The van der Waals surface area contributed by atoms with E-state index in [0.29, 0.717) is 17.5 Å². The van der Waals surface area contributed by atoms with E-state index in [0.717, 1.165) is 35.8 Å². The molecule has 28 heavy (non-hydrogen) atoms. The fourth-order valence-corrected chi connectivity index (χ4v) is 5.00. The summed E-state index contributed by atoms with van der Waals surface area (Å²) in [6, 6.07) is 14.1. The molecule has 4 rings (SSSR count). The topological polar surface area (TPSA) is 15.3 Å². The molecule has 1 heterocycles. The Morgan fingerprint density at radius 1 is 1.07 bits per heavy atom. The number of hydrogen-bond acceptors (Lipinski definition) is 2. The Balaban J connectivity index is 1.31. The summed E-state index contributed by atoms with van der Waals surface area (Å²) in [4.78, 5) is 2.54. The van der Waals surface area contributed by atoms with Gasteiger partial charge in [-0.1, -0.05) is 12.1 Å². The van der Waals surface area contributed by atoms with Gasteiger partial charge < -0.3 is 0 Å². The minimum Gasteiger partial charge on any atom is -0.0421 e. The number of likely N-dealkylation sites (tertiary alicyclic amines) is 1. The summed E-state index contributed by atoms with van der Waals surface area (Å²) >= 11 is 1.86. The van der Waals surface area contributed by atoms with Crippen LogP contribution in [0.4, 0.5) is 13.2 Å². The summed E-state index contributed by atoms with van der Waals surface area (Å²) in [5, 5.41) is 3.66.